The predicted octanol–water partition coefficient (Wildman–Crippen LogP) is 2.04. The standard InChI is InChI=1S/C14H11N3O3S/c1-7-3-2-4-8(5-7)17-13(18)10-9(6-21-12(10)15)11(16-17)14(19)20/h2-6H,15H2,1H3,(H,19,20). The lowest BCUT2D eigenvalue weighted by Gasteiger charge is -2.07. The number of fused-ring (bicyclic) bond motifs is 1. The van der Waals surface area contributed by atoms with Crippen LogP contribution in [0, 0.1) is 6.92 Å². The molecule has 0 aliphatic carbocycles. The summed E-state index contributed by atoms with van der Waals surface area (Å²) in [5.41, 5.74) is 6.66. The van der Waals surface area contributed by atoms with E-state index in [1.165, 1.54) is 0 Å². The normalized spacial score (nSPS) is 10.9. The zero-order valence-electron chi connectivity index (χ0n) is 11.0. The molecule has 0 unspecified atom stereocenters. The second-order valence-electron chi connectivity index (χ2n) is 4.60. The molecule has 0 saturated carbocycles. The fourth-order valence-electron chi connectivity index (χ4n) is 2.17. The van der Waals surface area contributed by atoms with Crippen molar-refractivity contribution in [2.24, 2.45) is 0 Å². The molecule has 21 heavy (non-hydrogen) atoms. The first-order chi connectivity index (χ1) is 9.99. The number of aryl methyl sites for hydroxylation is 1. The number of aromatic carboxylic acids is 1. The molecule has 106 valence electrons. The third-order valence-corrected chi connectivity index (χ3v) is 3.94. The number of carboxylic acid groups (broad SMARTS) is 1. The minimum absolute atomic E-state index is 0.181. The molecule has 0 atom stereocenters. The van der Waals surface area contributed by atoms with Crippen LogP contribution in [-0.2, 0) is 0 Å². The molecule has 0 amide bonds. The van der Waals surface area contributed by atoms with Crippen LogP contribution in [0.1, 0.15) is 16.1 Å². The van der Waals surface area contributed by atoms with Gasteiger partial charge in [0.05, 0.1) is 16.1 Å². The second-order valence-corrected chi connectivity index (χ2v) is 5.51. The minimum atomic E-state index is -1.20. The third kappa shape index (κ3) is 2.07. The average Bonchev–Trinajstić information content (AvgIpc) is 2.81. The Balaban J connectivity index is 2.44. The molecule has 3 aromatic rings. The maximum absolute atomic E-state index is 12.5. The van der Waals surface area contributed by atoms with Crippen molar-refractivity contribution >= 4 is 33.1 Å². The molecule has 0 aliphatic heterocycles. The zero-order valence-corrected chi connectivity index (χ0v) is 11.8. The maximum Gasteiger partial charge on any atom is 0.357 e. The van der Waals surface area contributed by atoms with E-state index in [4.69, 9.17) is 5.73 Å². The molecular formula is C14H11N3O3S. The first-order valence-corrected chi connectivity index (χ1v) is 6.97. The number of aromatic nitrogens is 2. The second kappa shape index (κ2) is 4.71. The lowest BCUT2D eigenvalue weighted by Crippen LogP contribution is -2.24. The van der Waals surface area contributed by atoms with Crippen LogP contribution < -0.4 is 11.3 Å². The van der Waals surface area contributed by atoms with Gasteiger partial charge in [-0.1, -0.05) is 12.1 Å². The number of carbonyl (C=O) groups is 1. The Bertz CT molecular complexity index is 927. The van der Waals surface area contributed by atoms with Crippen molar-refractivity contribution in [2.45, 2.75) is 6.92 Å². The molecule has 0 bridgehead atoms. The number of benzene rings is 1. The summed E-state index contributed by atoms with van der Waals surface area (Å²) >= 11 is 1.13. The third-order valence-electron chi connectivity index (χ3n) is 3.13. The van der Waals surface area contributed by atoms with Gasteiger partial charge in [-0.15, -0.1) is 11.3 Å². The van der Waals surface area contributed by atoms with Gasteiger partial charge in [-0.25, -0.2) is 4.79 Å². The highest BCUT2D eigenvalue weighted by atomic mass is 32.1. The summed E-state index contributed by atoms with van der Waals surface area (Å²) in [6, 6.07) is 7.11. The number of nitrogens with zero attached hydrogens (tertiary/aromatic N) is 2. The summed E-state index contributed by atoms with van der Waals surface area (Å²) in [5.74, 6) is -1.20. The number of nitrogens with two attached hydrogens (primary N) is 1. The van der Waals surface area contributed by atoms with E-state index >= 15 is 0 Å². The van der Waals surface area contributed by atoms with Crippen molar-refractivity contribution in [3.05, 3.63) is 51.3 Å². The molecule has 3 rings (SSSR count). The van der Waals surface area contributed by atoms with Crippen molar-refractivity contribution in [1.82, 2.24) is 9.78 Å². The highest BCUT2D eigenvalue weighted by Gasteiger charge is 2.19. The van der Waals surface area contributed by atoms with Crippen molar-refractivity contribution in [3.8, 4) is 5.69 Å². The van der Waals surface area contributed by atoms with Crippen LogP contribution in [0.2, 0.25) is 0 Å². The summed E-state index contributed by atoms with van der Waals surface area (Å²) in [6.07, 6.45) is 0. The van der Waals surface area contributed by atoms with E-state index in [1.54, 1.807) is 23.6 Å². The number of hydrogen-bond acceptors (Lipinski definition) is 5. The number of thiophene rings is 1. The summed E-state index contributed by atoms with van der Waals surface area (Å²) < 4.78 is 1.09. The molecule has 0 radical (unpaired) electrons. The summed E-state index contributed by atoms with van der Waals surface area (Å²) in [7, 11) is 0. The molecule has 2 aromatic heterocycles. The maximum atomic E-state index is 12.5. The zero-order chi connectivity index (χ0) is 15.1. The van der Waals surface area contributed by atoms with E-state index in [-0.39, 0.29) is 16.5 Å². The van der Waals surface area contributed by atoms with Gasteiger partial charge < -0.3 is 10.8 Å². The van der Waals surface area contributed by atoms with Gasteiger partial charge in [0.2, 0.25) is 0 Å². The largest absolute Gasteiger partial charge is 0.476 e. The van der Waals surface area contributed by atoms with Crippen LogP contribution in [0.3, 0.4) is 0 Å². The van der Waals surface area contributed by atoms with Gasteiger partial charge in [0.1, 0.15) is 0 Å². The van der Waals surface area contributed by atoms with Crippen molar-refractivity contribution in [1.29, 1.82) is 0 Å². The predicted molar refractivity (Wildman–Crippen MR) is 81.3 cm³/mol. The number of rotatable bonds is 2. The first kappa shape index (κ1) is 13.3. The Morgan fingerprint density at radius 3 is 2.86 bits per heavy atom. The lowest BCUT2D eigenvalue weighted by atomic mass is 10.2. The Kier molecular flexibility index (Phi) is 2.99. The highest BCUT2D eigenvalue weighted by Crippen LogP contribution is 2.27. The molecule has 1 aromatic carbocycles. The molecule has 0 aliphatic rings. The van der Waals surface area contributed by atoms with Crippen LogP contribution in [0.15, 0.2) is 34.4 Å². The van der Waals surface area contributed by atoms with E-state index in [1.807, 2.05) is 13.0 Å². The molecule has 6 nitrogen and oxygen atoms in total. The SMILES string of the molecule is Cc1cccc(-n2nc(C(=O)O)c3csc(N)c3c2=O)c1. The monoisotopic (exact) mass is 301 g/mol. The molecule has 0 fully saturated rings. The van der Waals surface area contributed by atoms with Gasteiger partial charge >= 0.3 is 5.97 Å². The van der Waals surface area contributed by atoms with Crippen LogP contribution in [0.4, 0.5) is 5.00 Å². The van der Waals surface area contributed by atoms with Crippen LogP contribution >= 0.6 is 11.3 Å². The highest BCUT2D eigenvalue weighted by molar-refractivity contribution is 7.15. The fraction of sp³-hybridized carbons (Fsp3) is 0.0714. The fourth-order valence-corrected chi connectivity index (χ4v) is 2.96. The smallest absolute Gasteiger partial charge is 0.357 e. The van der Waals surface area contributed by atoms with E-state index in [2.05, 4.69) is 5.10 Å². The number of carboxylic acids is 1. The first-order valence-electron chi connectivity index (χ1n) is 6.09. The van der Waals surface area contributed by atoms with Gasteiger partial charge in [0.25, 0.3) is 5.56 Å². The quantitative estimate of drug-likeness (QED) is 0.754. The van der Waals surface area contributed by atoms with Gasteiger partial charge in [0.15, 0.2) is 5.69 Å². The van der Waals surface area contributed by atoms with Gasteiger partial charge in [-0.2, -0.15) is 9.78 Å². The number of anilines is 1. The average molecular weight is 301 g/mol. The molecule has 0 saturated heterocycles. The summed E-state index contributed by atoms with van der Waals surface area (Å²) in [6.45, 7) is 1.88. The van der Waals surface area contributed by atoms with Gasteiger partial charge in [-0.3, -0.25) is 4.79 Å². The van der Waals surface area contributed by atoms with Crippen LogP contribution in [0.5, 0.6) is 0 Å². The number of nitrogen functional groups attached to an aromatic ring is 1. The summed E-state index contributed by atoms with van der Waals surface area (Å²) in [5, 5.41) is 15.6. The summed E-state index contributed by atoms with van der Waals surface area (Å²) in [4.78, 5) is 23.9. The van der Waals surface area contributed by atoms with Gasteiger partial charge in [-0.05, 0) is 24.6 Å². The minimum Gasteiger partial charge on any atom is -0.476 e. The Hall–Kier alpha value is -2.67. The van der Waals surface area contributed by atoms with E-state index in [0.29, 0.717) is 10.7 Å². The van der Waals surface area contributed by atoms with E-state index in [0.717, 1.165) is 21.6 Å². The van der Waals surface area contributed by atoms with Crippen LogP contribution in [-0.4, -0.2) is 20.9 Å². The Labute approximate surface area is 123 Å². The lowest BCUT2D eigenvalue weighted by molar-refractivity contribution is 0.0691. The molecule has 0 spiro atoms. The van der Waals surface area contributed by atoms with E-state index < -0.39 is 11.5 Å². The van der Waals surface area contributed by atoms with E-state index in [9.17, 15) is 14.7 Å². The molecule has 7 heteroatoms. The molecular weight excluding hydrogens is 290 g/mol. The van der Waals surface area contributed by atoms with Crippen molar-refractivity contribution in [2.75, 3.05) is 5.73 Å². The molecule has 3 N–H and O–H groups in total. The van der Waals surface area contributed by atoms with Crippen molar-refractivity contribution in [3.63, 3.8) is 0 Å². The van der Waals surface area contributed by atoms with Crippen molar-refractivity contribution < 1.29 is 9.90 Å². The Morgan fingerprint density at radius 1 is 1.43 bits per heavy atom. The molecule has 2 heterocycles. The number of hydrogen-bond donors (Lipinski definition) is 2. The van der Waals surface area contributed by atoms with Gasteiger partial charge in [0, 0.05) is 10.8 Å². The Morgan fingerprint density at radius 2 is 2.19 bits per heavy atom. The van der Waals surface area contributed by atoms with Crippen LogP contribution in [0.25, 0.3) is 16.5 Å². The topological polar surface area (TPSA) is 98.2 Å².